The normalized spacial score (nSPS) is 11.7. The summed E-state index contributed by atoms with van der Waals surface area (Å²) in [5, 5.41) is 3.57. The number of rotatable bonds is 0. The van der Waals surface area contributed by atoms with Crippen LogP contribution in [0.4, 0.5) is 0 Å². The molecule has 61 heavy (non-hydrogen) atoms. The first kappa shape index (κ1) is 48.3. The van der Waals surface area contributed by atoms with Gasteiger partial charge in [0.05, 0.1) is 23.3 Å². The molecular formula is C40H40N8O8S4Zn. The van der Waals surface area contributed by atoms with Crippen LogP contribution in [0.25, 0.3) is 89.7 Å². The van der Waals surface area contributed by atoms with Gasteiger partial charge < -0.3 is 29.9 Å². The van der Waals surface area contributed by atoms with Gasteiger partial charge in [0.1, 0.15) is 39.3 Å². The third kappa shape index (κ3) is 14.4. The van der Waals surface area contributed by atoms with Gasteiger partial charge in [0.15, 0.2) is 0 Å². The SMILES string of the molecule is CS(C)(=O)=O.CS(C)(=O)=O.CS(C)(=O)=O.CS(C)(=O)=O.[Zn+2].c1ccc2c(c1)-c1nc-2nc2[n-]c(nc3nc(nc4[n-]c(n1)c1ccccc41)-c1ccccc1-3)c1ccccc21. The van der Waals surface area contributed by atoms with E-state index in [0.717, 1.165) is 93.8 Å². The van der Waals surface area contributed by atoms with Crippen molar-refractivity contribution in [1.82, 2.24) is 39.9 Å². The third-order valence-electron chi connectivity index (χ3n) is 7.33. The van der Waals surface area contributed by atoms with Crippen LogP contribution in [0.15, 0.2) is 97.1 Å². The Morgan fingerprint density at radius 2 is 0.475 bits per heavy atom. The predicted molar refractivity (Wildman–Crippen MR) is 237 cm³/mol. The molecule has 0 fully saturated rings. The molecule has 0 spiro atoms. The van der Waals surface area contributed by atoms with Crippen molar-refractivity contribution >= 4 is 83.5 Å². The minimum Gasteiger partial charge on any atom is -0.357 e. The quantitative estimate of drug-likeness (QED) is 0.186. The van der Waals surface area contributed by atoms with Crippen LogP contribution in [0, 0.1) is 0 Å². The van der Waals surface area contributed by atoms with Crippen LogP contribution < -0.4 is 9.97 Å². The van der Waals surface area contributed by atoms with Crippen LogP contribution >= 0.6 is 0 Å². The monoisotopic (exact) mass is 952 g/mol. The van der Waals surface area contributed by atoms with Gasteiger partial charge in [0, 0.05) is 94.9 Å². The molecule has 0 atom stereocenters. The number of aromatic nitrogens is 8. The fraction of sp³-hybridized carbons (Fsp3) is 0.200. The first-order valence-electron chi connectivity index (χ1n) is 17.5. The van der Waals surface area contributed by atoms with Gasteiger partial charge in [-0.3, -0.25) is 0 Å². The number of hydrogen-bond donors (Lipinski definition) is 0. The number of sulfone groups is 4. The van der Waals surface area contributed by atoms with Gasteiger partial charge in [-0.15, -0.1) is 0 Å². The van der Waals surface area contributed by atoms with Crippen LogP contribution in [0.3, 0.4) is 0 Å². The summed E-state index contributed by atoms with van der Waals surface area (Å²) < 4.78 is 77.1. The zero-order chi connectivity index (χ0) is 44.2. The first-order valence-corrected chi connectivity index (χ1v) is 26.7. The topological polar surface area (TPSA) is 242 Å². The summed E-state index contributed by atoms with van der Waals surface area (Å²) in [7, 11) is -10.7. The molecule has 0 N–H and O–H groups in total. The van der Waals surface area contributed by atoms with E-state index in [1.54, 1.807) is 0 Å². The number of benzene rings is 4. The van der Waals surface area contributed by atoms with E-state index in [0.29, 0.717) is 45.9 Å². The molecule has 2 aliphatic heterocycles. The van der Waals surface area contributed by atoms with Crippen molar-refractivity contribution in [3.05, 3.63) is 97.1 Å². The molecule has 0 saturated carbocycles. The van der Waals surface area contributed by atoms with Crippen LogP contribution in [0.2, 0.25) is 0 Å². The Kier molecular flexibility index (Phi) is 15.2. The maximum absolute atomic E-state index is 9.63. The molecule has 0 aliphatic carbocycles. The molecule has 21 heteroatoms. The summed E-state index contributed by atoms with van der Waals surface area (Å²) in [4.78, 5) is 39.3. The molecule has 9 rings (SSSR count). The molecule has 16 nitrogen and oxygen atoms in total. The molecule has 314 valence electrons. The molecule has 8 bridgehead atoms. The van der Waals surface area contributed by atoms with E-state index in [1.165, 1.54) is 0 Å². The molecule has 3 aromatic heterocycles. The molecule has 0 radical (unpaired) electrons. The average molecular weight is 954 g/mol. The minimum absolute atomic E-state index is 0. The standard InChI is InChI=1S/C32H16N8.4C2H6O2S.Zn/c1-2-10-18-17(9-1)25-33-26(18)38-28-21-13-5-6-14-22(21)30(35-28)40-32-24-16-8-7-15-23(24)31(36-32)39-29-20-12-4-3-11-19(20)27(34-29)37-25;4*1-5(2,3)4;/h1-16H;4*1-2H3;/q-2;;;;;+2. The third-order valence-corrected chi connectivity index (χ3v) is 7.33. The molecule has 0 saturated heterocycles. The van der Waals surface area contributed by atoms with Gasteiger partial charge >= 0.3 is 19.5 Å². The summed E-state index contributed by atoms with van der Waals surface area (Å²) in [6.07, 6.45) is 9.28. The predicted octanol–water partition coefficient (Wildman–Crippen LogP) is 4.77. The van der Waals surface area contributed by atoms with E-state index in [4.69, 9.17) is 39.9 Å². The van der Waals surface area contributed by atoms with E-state index in [1.807, 2.05) is 97.1 Å². The fourth-order valence-electron chi connectivity index (χ4n) is 5.46. The molecule has 0 amide bonds. The summed E-state index contributed by atoms with van der Waals surface area (Å²) in [6.45, 7) is 0. The van der Waals surface area contributed by atoms with Gasteiger partial charge in [-0.1, -0.05) is 97.1 Å². The summed E-state index contributed by atoms with van der Waals surface area (Å²) in [6, 6.07) is 31.8. The second kappa shape index (κ2) is 19.2. The van der Waals surface area contributed by atoms with Gasteiger partial charge in [0.2, 0.25) is 0 Å². The number of hydrogen-bond acceptors (Lipinski definition) is 14. The van der Waals surface area contributed by atoms with Crippen molar-refractivity contribution in [3.8, 4) is 45.6 Å². The average Bonchev–Trinajstić information content (AvgIpc) is 3.85. The second-order valence-corrected chi connectivity index (χ2v) is 23.4. The van der Waals surface area contributed by atoms with Crippen LogP contribution in [0.1, 0.15) is 0 Å². The van der Waals surface area contributed by atoms with E-state index in [9.17, 15) is 33.7 Å². The summed E-state index contributed by atoms with van der Waals surface area (Å²) >= 11 is 0. The van der Waals surface area contributed by atoms with E-state index in [-0.39, 0.29) is 19.5 Å². The van der Waals surface area contributed by atoms with Crippen LogP contribution in [-0.4, -0.2) is 114 Å². The molecule has 7 aromatic rings. The van der Waals surface area contributed by atoms with Crippen molar-refractivity contribution in [2.75, 3.05) is 50.0 Å². The van der Waals surface area contributed by atoms with Gasteiger partial charge in [0.25, 0.3) is 0 Å². The number of fused-ring (bicyclic) bond motifs is 20. The Hall–Kier alpha value is -5.34. The number of nitrogens with zero attached hydrogens (tertiary/aromatic N) is 8. The van der Waals surface area contributed by atoms with E-state index in [2.05, 4.69) is 0 Å². The van der Waals surface area contributed by atoms with Crippen LogP contribution in [0.5, 0.6) is 0 Å². The zero-order valence-electron chi connectivity index (χ0n) is 34.4. The zero-order valence-corrected chi connectivity index (χ0v) is 40.7. The van der Waals surface area contributed by atoms with Crippen molar-refractivity contribution < 1.29 is 53.1 Å². The van der Waals surface area contributed by atoms with Crippen molar-refractivity contribution in [2.45, 2.75) is 0 Å². The van der Waals surface area contributed by atoms with Crippen molar-refractivity contribution in [3.63, 3.8) is 0 Å². The Morgan fingerprint density at radius 1 is 0.311 bits per heavy atom. The molecule has 2 aliphatic rings. The van der Waals surface area contributed by atoms with Gasteiger partial charge in [-0.05, 0) is 21.5 Å². The Labute approximate surface area is 366 Å². The van der Waals surface area contributed by atoms with Crippen molar-refractivity contribution in [1.29, 1.82) is 0 Å². The molecule has 5 heterocycles. The fourth-order valence-corrected chi connectivity index (χ4v) is 5.46. The Balaban J connectivity index is 0.000000329. The molecule has 4 aromatic carbocycles. The van der Waals surface area contributed by atoms with Crippen LogP contribution in [-0.2, 0) is 58.8 Å². The Morgan fingerprint density at radius 3 is 0.656 bits per heavy atom. The maximum atomic E-state index is 9.63. The van der Waals surface area contributed by atoms with Crippen molar-refractivity contribution in [2.24, 2.45) is 0 Å². The second-order valence-electron chi connectivity index (χ2n) is 14.2. The first-order chi connectivity index (χ1) is 27.8. The van der Waals surface area contributed by atoms with E-state index >= 15 is 0 Å². The largest absolute Gasteiger partial charge is 2.00 e. The maximum Gasteiger partial charge on any atom is 2.00 e. The molecule has 0 unspecified atom stereocenters. The smallest absolute Gasteiger partial charge is 0.357 e. The summed E-state index contributed by atoms with van der Waals surface area (Å²) in [5.41, 5.74) is 5.78. The van der Waals surface area contributed by atoms with E-state index < -0.39 is 39.3 Å². The van der Waals surface area contributed by atoms with Gasteiger partial charge in [-0.25, -0.2) is 43.6 Å². The Bertz CT molecular complexity index is 2920. The summed E-state index contributed by atoms with van der Waals surface area (Å²) in [5.74, 6) is 2.21. The molecular weight excluding hydrogens is 914 g/mol. The van der Waals surface area contributed by atoms with Gasteiger partial charge in [-0.2, -0.15) is 0 Å². The minimum atomic E-state index is -2.67.